The van der Waals surface area contributed by atoms with Crippen LogP contribution in [0.25, 0.3) is 0 Å². The Morgan fingerprint density at radius 3 is 2.86 bits per heavy atom. The molecule has 0 amide bonds. The molecule has 0 radical (unpaired) electrons. The van der Waals surface area contributed by atoms with Crippen LogP contribution >= 0.6 is 0 Å². The highest BCUT2D eigenvalue weighted by Gasteiger charge is 2.33. The Bertz CT molecular complexity index is 298. The maximum absolute atomic E-state index is 5.36. The zero-order valence-electron chi connectivity index (χ0n) is 9.38. The van der Waals surface area contributed by atoms with E-state index in [1.807, 2.05) is 10.8 Å². The van der Waals surface area contributed by atoms with Gasteiger partial charge in [0.25, 0.3) is 0 Å². The first-order valence-electron chi connectivity index (χ1n) is 4.98. The summed E-state index contributed by atoms with van der Waals surface area (Å²) in [6, 6.07) is 0. The fourth-order valence-corrected chi connectivity index (χ4v) is 1.79. The molecule has 0 spiro atoms. The Balaban J connectivity index is 3.08. The maximum Gasteiger partial charge on any atom is 0.182 e. The summed E-state index contributed by atoms with van der Waals surface area (Å²) in [7, 11) is 0. The van der Waals surface area contributed by atoms with Crippen LogP contribution in [0, 0.1) is 5.41 Å². The first kappa shape index (κ1) is 11.1. The molecule has 0 aromatic heterocycles. The van der Waals surface area contributed by atoms with Gasteiger partial charge < -0.3 is 5.73 Å². The van der Waals surface area contributed by atoms with Crippen molar-refractivity contribution in [1.82, 2.24) is 0 Å². The second-order valence-corrected chi connectivity index (χ2v) is 4.39. The Labute approximate surface area is 86.0 Å². The number of hydrogen-bond donors (Lipinski definition) is 1. The van der Waals surface area contributed by atoms with E-state index >= 15 is 0 Å². The predicted octanol–water partition coefficient (Wildman–Crippen LogP) is 1.39. The number of nitrogens with two attached hydrogens (primary N) is 1. The third-order valence-corrected chi connectivity index (χ3v) is 2.93. The number of nitrogens with zero attached hydrogens (tertiary/aromatic N) is 2. The van der Waals surface area contributed by atoms with E-state index < -0.39 is 0 Å². The zero-order valence-corrected chi connectivity index (χ0v) is 9.38. The van der Waals surface area contributed by atoms with Crippen molar-refractivity contribution in [2.75, 3.05) is 13.2 Å². The number of aliphatic imine (C=N–C) groups is 1. The molecule has 78 valence electrons. The molecular weight excluding hydrogens is 174 g/mol. The molecule has 0 aromatic carbocycles. The van der Waals surface area contributed by atoms with Crippen LogP contribution in [0.1, 0.15) is 27.2 Å². The Morgan fingerprint density at radius 1 is 1.64 bits per heavy atom. The predicted molar refractivity (Wildman–Crippen MR) is 60.9 cm³/mol. The lowest BCUT2D eigenvalue weighted by Crippen LogP contribution is -2.30. The maximum atomic E-state index is 5.36. The summed E-state index contributed by atoms with van der Waals surface area (Å²) >= 11 is 0. The van der Waals surface area contributed by atoms with Crippen LogP contribution in [0.4, 0.5) is 0 Å². The Morgan fingerprint density at radius 2 is 2.29 bits per heavy atom. The van der Waals surface area contributed by atoms with Crippen molar-refractivity contribution in [3.05, 3.63) is 11.3 Å². The zero-order chi connectivity index (χ0) is 10.8. The Kier molecular flexibility index (Phi) is 3.21. The van der Waals surface area contributed by atoms with Gasteiger partial charge >= 0.3 is 0 Å². The summed E-state index contributed by atoms with van der Waals surface area (Å²) in [5.41, 5.74) is 8.02. The summed E-state index contributed by atoms with van der Waals surface area (Å²) in [6.45, 7) is 11.9. The molecule has 1 aliphatic rings. The van der Waals surface area contributed by atoms with Gasteiger partial charge in [0.15, 0.2) is 5.70 Å². The van der Waals surface area contributed by atoms with Gasteiger partial charge in [-0.3, -0.25) is 4.99 Å². The van der Waals surface area contributed by atoms with Gasteiger partial charge in [-0.05, 0) is 0 Å². The molecule has 0 saturated carbocycles. The van der Waals surface area contributed by atoms with E-state index in [0.717, 1.165) is 13.0 Å². The molecule has 0 bridgehead atoms. The molecule has 1 aliphatic heterocycles. The fourth-order valence-electron chi connectivity index (χ4n) is 1.79. The molecule has 14 heavy (non-hydrogen) atoms. The minimum Gasteiger partial charge on any atom is -0.312 e. The highest BCUT2D eigenvalue weighted by Crippen LogP contribution is 2.34. The largest absolute Gasteiger partial charge is 0.312 e. The SMILES string of the molecule is C=[N+]1CCC(C)(C)C(/C=N\CN)=C1C. The summed E-state index contributed by atoms with van der Waals surface area (Å²) in [6.07, 6.45) is 3.01. The lowest BCUT2D eigenvalue weighted by molar-refractivity contribution is -0.477. The molecule has 1 heterocycles. The van der Waals surface area contributed by atoms with E-state index in [4.69, 9.17) is 5.73 Å². The second-order valence-electron chi connectivity index (χ2n) is 4.39. The number of hydrogen-bond acceptors (Lipinski definition) is 2. The van der Waals surface area contributed by atoms with Gasteiger partial charge in [-0.25, -0.2) is 4.58 Å². The molecule has 3 heteroatoms. The molecule has 0 unspecified atom stereocenters. The van der Waals surface area contributed by atoms with Crippen LogP contribution < -0.4 is 5.73 Å². The van der Waals surface area contributed by atoms with E-state index in [1.165, 1.54) is 11.3 Å². The first-order valence-corrected chi connectivity index (χ1v) is 4.98. The summed E-state index contributed by atoms with van der Waals surface area (Å²) in [4.78, 5) is 4.12. The number of allylic oxidation sites excluding steroid dienone is 2. The molecule has 0 atom stereocenters. The molecule has 0 saturated heterocycles. The van der Waals surface area contributed by atoms with Crippen molar-refractivity contribution in [2.24, 2.45) is 16.1 Å². The molecule has 0 aromatic rings. The van der Waals surface area contributed by atoms with Crippen molar-refractivity contribution in [3.63, 3.8) is 0 Å². The third kappa shape index (κ3) is 2.10. The highest BCUT2D eigenvalue weighted by atomic mass is 15.0. The first-order chi connectivity index (χ1) is 6.49. The number of rotatable bonds is 2. The van der Waals surface area contributed by atoms with Crippen LogP contribution in [-0.4, -0.2) is 30.7 Å². The van der Waals surface area contributed by atoms with Crippen LogP contribution in [0.2, 0.25) is 0 Å². The van der Waals surface area contributed by atoms with Crippen molar-refractivity contribution in [3.8, 4) is 0 Å². The smallest absolute Gasteiger partial charge is 0.182 e. The standard InChI is InChI=1S/C11H20N3/c1-9-10(7-13-8-12)11(2,3)5-6-14(9)4/h7H,4-6,8,12H2,1-3H3/q+1/b13-7-. The third-order valence-electron chi connectivity index (χ3n) is 2.93. The average molecular weight is 194 g/mol. The Hall–Kier alpha value is -0.960. The minimum atomic E-state index is 0.191. The molecule has 2 N–H and O–H groups in total. The van der Waals surface area contributed by atoms with Crippen molar-refractivity contribution < 1.29 is 4.58 Å². The average Bonchev–Trinajstić information content (AvgIpc) is 2.12. The molecule has 0 fully saturated rings. The molecule has 0 aliphatic carbocycles. The van der Waals surface area contributed by atoms with E-state index in [0.29, 0.717) is 6.67 Å². The molecule has 3 nitrogen and oxygen atoms in total. The quantitative estimate of drug-likeness (QED) is 0.524. The lowest BCUT2D eigenvalue weighted by Gasteiger charge is -2.29. The van der Waals surface area contributed by atoms with Crippen LogP contribution in [-0.2, 0) is 0 Å². The van der Waals surface area contributed by atoms with Crippen molar-refractivity contribution >= 4 is 12.9 Å². The normalized spacial score (nSPS) is 22.1. The van der Waals surface area contributed by atoms with Gasteiger partial charge in [-0.15, -0.1) is 0 Å². The fraction of sp³-hybridized carbons (Fsp3) is 0.636. The molecule has 1 rings (SSSR count). The van der Waals surface area contributed by atoms with E-state index in [1.54, 1.807) is 0 Å². The van der Waals surface area contributed by atoms with Gasteiger partial charge in [0.05, 0.1) is 6.67 Å². The van der Waals surface area contributed by atoms with Gasteiger partial charge in [-0.2, -0.15) is 0 Å². The van der Waals surface area contributed by atoms with Crippen LogP contribution in [0.5, 0.6) is 0 Å². The van der Waals surface area contributed by atoms with Gasteiger partial charge in [0.1, 0.15) is 13.3 Å². The monoisotopic (exact) mass is 194 g/mol. The summed E-state index contributed by atoms with van der Waals surface area (Å²) in [5, 5.41) is 0. The van der Waals surface area contributed by atoms with Gasteiger partial charge in [0, 0.05) is 30.5 Å². The van der Waals surface area contributed by atoms with Crippen molar-refractivity contribution in [1.29, 1.82) is 0 Å². The van der Waals surface area contributed by atoms with Crippen LogP contribution in [0.15, 0.2) is 16.3 Å². The van der Waals surface area contributed by atoms with E-state index in [9.17, 15) is 0 Å². The second kappa shape index (κ2) is 4.05. The highest BCUT2D eigenvalue weighted by molar-refractivity contribution is 5.81. The minimum absolute atomic E-state index is 0.191. The summed E-state index contributed by atoms with van der Waals surface area (Å²) < 4.78 is 2.03. The topological polar surface area (TPSA) is 41.4 Å². The van der Waals surface area contributed by atoms with Crippen LogP contribution in [0.3, 0.4) is 0 Å². The summed E-state index contributed by atoms with van der Waals surface area (Å²) in [5.74, 6) is 0. The lowest BCUT2D eigenvalue weighted by atomic mass is 9.78. The van der Waals surface area contributed by atoms with E-state index in [-0.39, 0.29) is 5.41 Å². The van der Waals surface area contributed by atoms with Crippen molar-refractivity contribution in [2.45, 2.75) is 27.2 Å². The van der Waals surface area contributed by atoms with E-state index in [2.05, 4.69) is 32.5 Å². The van der Waals surface area contributed by atoms with Gasteiger partial charge in [0.2, 0.25) is 0 Å². The molecular formula is C11H20N3+. The van der Waals surface area contributed by atoms with Gasteiger partial charge in [-0.1, -0.05) is 13.8 Å².